The Hall–Kier alpha value is -2.63. The van der Waals surface area contributed by atoms with Crippen LogP contribution in [0.25, 0.3) is 6.08 Å². The van der Waals surface area contributed by atoms with Gasteiger partial charge in [-0.15, -0.1) is 0 Å². The van der Waals surface area contributed by atoms with E-state index in [4.69, 9.17) is 4.74 Å². The Balaban J connectivity index is 1.65. The van der Waals surface area contributed by atoms with Gasteiger partial charge in [-0.3, -0.25) is 4.90 Å². The second kappa shape index (κ2) is 10.1. The average molecular weight is 381 g/mol. The molecule has 0 fully saturated rings. The normalized spacial score (nSPS) is 15.8. The zero-order valence-corrected chi connectivity index (χ0v) is 16.2. The third-order valence-corrected chi connectivity index (χ3v) is 5.04. The lowest BCUT2D eigenvalue weighted by molar-refractivity contribution is -0.134. The molecule has 5 heteroatoms. The fraction of sp³-hybridized carbons (Fsp3) is 0.348. The number of aliphatic hydroxyl groups is 1. The minimum atomic E-state index is -0.356. The zero-order valence-electron chi connectivity index (χ0n) is 16.2. The molecule has 1 N–H and O–H groups in total. The fourth-order valence-electron chi connectivity index (χ4n) is 3.68. The fourth-order valence-corrected chi connectivity index (χ4v) is 3.68. The first-order valence-electron chi connectivity index (χ1n) is 9.63. The number of fused-ring (bicyclic) bond motifs is 1. The zero-order chi connectivity index (χ0) is 19.8. The average Bonchev–Trinajstić information content (AvgIpc) is 3.15. The molecule has 0 spiro atoms. The second-order valence-electron chi connectivity index (χ2n) is 6.79. The molecule has 28 heavy (non-hydrogen) atoms. The van der Waals surface area contributed by atoms with Crippen molar-refractivity contribution in [1.82, 2.24) is 4.90 Å². The topological polar surface area (TPSA) is 59.0 Å². The van der Waals surface area contributed by atoms with Gasteiger partial charge in [0.1, 0.15) is 12.4 Å². The van der Waals surface area contributed by atoms with Gasteiger partial charge >= 0.3 is 5.97 Å². The number of benzene rings is 2. The molecule has 0 radical (unpaired) electrons. The maximum absolute atomic E-state index is 11.3. The molecule has 148 valence electrons. The number of aryl methyl sites for hydroxylation is 1. The molecule has 0 aliphatic heterocycles. The maximum atomic E-state index is 11.3. The Morgan fingerprint density at radius 3 is 2.79 bits per heavy atom. The summed E-state index contributed by atoms with van der Waals surface area (Å²) in [6.07, 6.45) is 5.22. The highest BCUT2D eigenvalue weighted by molar-refractivity contribution is 5.86. The highest BCUT2D eigenvalue weighted by Crippen LogP contribution is 2.36. The number of hydrogen-bond donors (Lipinski definition) is 1. The largest absolute Gasteiger partial charge is 0.492 e. The molecule has 0 saturated carbocycles. The molecule has 0 heterocycles. The van der Waals surface area contributed by atoms with Gasteiger partial charge in [-0.1, -0.05) is 36.4 Å². The van der Waals surface area contributed by atoms with E-state index in [-0.39, 0.29) is 18.6 Å². The third kappa shape index (κ3) is 5.21. The summed E-state index contributed by atoms with van der Waals surface area (Å²) in [7, 11) is 1.37. The highest BCUT2D eigenvalue weighted by atomic mass is 16.5. The van der Waals surface area contributed by atoms with Gasteiger partial charge in [0.25, 0.3) is 0 Å². The summed E-state index contributed by atoms with van der Waals surface area (Å²) in [5.41, 5.74) is 3.58. The summed E-state index contributed by atoms with van der Waals surface area (Å²) >= 11 is 0. The number of carbonyl (C=O) groups is 1. The number of carbonyl (C=O) groups excluding carboxylic acids is 1. The monoisotopic (exact) mass is 381 g/mol. The van der Waals surface area contributed by atoms with Crippen molar-refractivity contribution in [2.45, 2.75) is 18.9 Å². The molecule has 0 bridgehead atoms. The van der Waals surface area contributed by atoms with Gasteiger partial charge in [0, 0.05) is 25.2 Å². The smallest absolute Gasteiger partial charge is 0.330 e. The van der Waals surface area contributed by atoms with Crippen LogP contribution in [-0.2, 0) is 16.0 Å². The second-order valence-corrected chi connectivity index (χ2v) is 6.79. The van der Waals surface area contributed by atoms with Crippen LogP contribution in [0, 0.1) is 0 Å². The van der Waals surface area contributed by atoms with Crippen LogP contribution in [0.15, 0.2) is 54.6 Å². The van der Waals surface area contributed by atoms with Crippen LogP contribution in [-0.4, -0.2) is 49.4 Å². The number of hydrogen-bond acceptors (Lipinski definition) is 5. The van der Waals surface area contributed by atoms with Crippen molar-refractivity contribution in [3.63, 3.8) is 0 Å². The summed E-state index contributed by atoms with van der Waals surface area (Å²) < 4.78 is 10.5. The number of nitrogens with zero attached hydrogens (tertiary/aromatic N) is 1. The van der Waals surface area contributed by atoms with Crippen LogP contribution in [0.5, 0.6) is 5.75 Å². The molecule has 1 atom stereocenters. The number of para-hydroxylation sites is 1. The van der Waals surface area contributed by atoms with Crippen LogP contribution >= 0.6 is 0 Å². The van der Waals surface area contributed by atoms with Crippen LogP contribution in [0.3, 0.4) is 0 Å². The standard InChI is InChI=1S/C23H27NO4/c1-27-23(26)12-8-18-7-10-21-19(17-18)9-11-22(21)24(13-15-25)14-16-28-20-5-3-2-4-6-20/h2-8,10,12,17,22,25H,9,11,13-16H2,1H3/b12-8+. The Labute approximate surface area is 166 Å². The van der Waals surface area contributed by atoms with E-state index in [2.05, 4.69) is 21.8 Å². The SMILES string of the molecule is COC(=O)/C=C/c1ccc2c(c1)CCC2N(CCO)CCOc1ccccc1. The van der Waals surface area contributed by atoms with Crippen LogP contribution in [0.4, 0.5) is 0 Å². The van der Waals surface area contributed by atoms with E-state index in [9.17, 15) is 9.90 Å². The van der Waals surface area contributed by atoms with Gasteiger partial charge < -0.3 is 14.6 Å². The molecule has 0 aromatic heterocycles. The molecule has 2 aromatic rings. The predicted octanol–water partition coefficient (Wildman–Crippen LogP) is 3.23. The highest BCUT2D eigenvalue weighted by Gasteiger charge is 2.27. The number of esters is 1. The van der Waals surface area contributed by atoms with Crippen molar-refractivity contribution in [2.75, 3.05) is 33.4 Å². The molecular formula is C23H27NO4. The lowest BCUT2D eigenvalue weighted by atomic mass is 10.0. The van der Waals surface area contributed by atoms with E-state index in [0.29, 0.717) is 13.2 Å². The van der Waals surface area contributed by atoms with E-state index >= 15 is 0 Å². The predicted molar refractivity (Wildman–Crippen MR) is 109 cm³/mol. The number of ether oxygens (including phenoxy) is 2. The van der Waals surface area contributed by atoms with Crippen molar-refractivity contribution < 1.29 is 19.4 Å². The van der Waals surface area contributed by atoms with Gasteiger partial charge in [0.2, 0.25) is 0 Å². The first-order chi connectivity index (χ1) is 13.7. The van der Waals surface area contributed by atoms with Crippen LogP contribution in [0.1, 0.15) is 29.2 Å². The molecule has 5 nitrogen and oxygen atoms in total. The lowest BCUT2D eigenvalue weighted by Crippen LogP contribution is -2.34. The van der Waals surface area contributed by atoms with Gasteiger partial charge in [0.05, 0.1) is 13.7 Å². The van der Waals surface area contributed by atoms with Gasteiger partial charge in [-0.2, -0.15) is 0 Å². The Morgan fingerprint density at radius 1 is 1.21 bits per heavy atom. The van der Waals surface area contributed by atoms with Crippen LogP contribution < -0.4 is 4.74 Å². The molecule has 1 unspecified atom stereocenters. The summed E-state index contributed by atoms with van der Waals surface area (Å²) in [6, 6.07) is 16.3. The van der Waals surface area contributed by atoms with Gasteiger partial charge in [-0.05, 0) is 47.7 Å². The van der Waals surface area contributed by atoms with Gasteiger partial charge in [0.15, 0.2) is 0 Å². The molecule has 3 rings (SSSR count). The van der Waals surface area contributed by atoms with Crippen molar-refractivity contribution >= 4 is 12.0 Å². The van der Waals surface area contributed by atoms with E-state index in [1.807, 2.05) is 36.4 Å². The summed E-state index contributed by atoms with van der Waals surface area (Å²) in [5.74, 6) is 0.506. The lowest BCUT2D eigenvalue weighted by Gasteiger charge is -2.29. The summed E-state index contributed by atoms with van der Waals surface area (Å²) in [5, 5.41) is 9.52. The third-order valence-electron chi connectivity index (χ3n) is 5.04. The molecule has 2 aromatic carbocycles. The van der Waals surface area contributed by atoms with Gasteiger partial charge in [-0.25, -0.2) is 4.79 Å². The van der Waals surface area contributed by atoms with E-state index < -0.39 is 0 Å². The number of methoxy groups -OCH3 is 1. The molecule has 1 aliphatic carbocycles. The first-order valence-corrected chi connectivity index (χ1v) is 9.63. The molecule has 1 aliphatic rings. The number of rotatable bonds is 9. The Kier molecular flexibility index (Phi) is 7.23. The van der Waals surface area contributed by atoms with E-state index in [0.717, 1.165) is 30.7 Å². The minimum absolute atomic E-state index is 0.122. The Morgan fingerprint density at radius 2 is 2.04 bits per heavy atom. The van der Waals surface area contributed by atoms with Crippen molar-refractivity contribution in [3.8, 4) is 5.75 Å². The summed E-state index contributed by atoms with van der Waals surface area (Å²) in [6.45, 7) is 2.07. The first kappa shape index (κ1) is 20.1. The molecule has 0 amide bonds. The summed E-state index contributed by atoms with van der Waals surface area (Å²) in [4.78, 5) is 13.6. The van der Waals surface area contributed by atoms with Crippen molar-refractivity contribution in [1.29, 1.82) is 0 Å². The minimum Gasteiger partial charge on any atom is -0.492 e. The Bertz CT molecular complexity index is 804. The quantitative estimate of drug-likeness (QED) is 0.534. The maximum Gasteiger partial charge on any atom is 0.330 e. The molecule has 0 saturated heterocycles. The number of aliphatic hydroxyl groups excluding tert-OH is 1. The molecular weight excluding hydrogens is 354 g/mol. The van der Waals surface area contributed by atoms with Crippen molar-refractivity contribution in [2.24, 2.45) is 0 Å². The van der Waals surface area contributed by atoms with E-state index in [1.54, 1.807) is 6.08 Å². The van der Waals surface area contributed by atoms with Crippen LogP contribution in [0.2, 0.25) is 0 Å². The van der Waals surface area contributed by atoms with Crippen molar-refractivity contribution in [3.05, 3.63) is 71.3 Å². The van der Waals surface area contributed by atoms with E-state index in [1.165, 1.54) is 24.3 Å².